The van der Waals surface area contributed by atoms with Crippen LogP contribution in [0.3, 0.4) is 0 Å². The largest absolute Gasteiger partial charge is 0.478 e. The first-order valence-electron chi connectivity index (χ1n) is 6.83. The Hall–Kier alpha value is -2.07. The molecule has 1 aromatic carbocycles. The summed E-state index contributed by atoms with van der Waals surface area (Å²) in [5.41, 5.74) is 1.18. The highest BCUT2D eigenvalue weighted by molar-refractivity contribution is 5.41. The highest BCUT2D eigenvalue weighted by atomic mass is 16.5. The summed E-state index contributed by atoms with van der Waals surface area (Å²) in [5, 5.41) is 9.25. The van der Waals surface area contributed by atoms with Gasteiger partial charge < -0.3 is 14.7 Å². The second kappa shape index (κ2) is 7.50. The zero-order chi connectivity index (χ0) is 14.2. The first kappa shape index (κ1) is 14.3. The summed E-state index contributed by atoms with van der Waals surface area (Å²) in [6.07, 6.45) is 0. The van der Waals surface area contributed by atoms with E-state index >= 15 is 0 Å². The standard InChI is InChI=1S/C16H20N2O2/c1-2-20-16-10-6-9-15(17-16)18(11-12-19)13-14-7-4-3-5-8-14/h3-10,19H,2,11-13H2,1H3. The topological polar surface area (TPSA) is 45.6 Å². The molecule has 1 N–H and O–H groups in total. The van der Waals surface area contributed by atoms with Crippen molar-refractivity contribution in [2.45, 2.75) is 13.5 Å². The van der Waals surface area contributed by atoms with Crippen molar-refractivity contribution in [2.24, 2.45) is 0 Å². The number of pyridine rings is 1. The van der Waals surface area contributed by atoms with Crippen LogP contribution in [0.25, 0.3) is 0 Å². The lowest BCUT2D eigenvalue weighted by Crippen LogP contribution is -2.27. The molecule has 2 rings (SSSR count). The molecule has 4 heteroatoms. The summed E-state index contributed by atoms with van der Waals surface area (Å²) >= 11 is 0. The third kappa shape index (κ3) is 3.96. The van der Waals surface area contributed by atoms with E-state index in [1.54, 1.807) is 0 Å². The highest BCUT2D eigenvalue weighted by Gasteiger charge is 2.09. The smallest absolute Gasteiger partial charge is 0.215 e. The fourth-order valence-corrected chi connectivity index (χ4v) is 2.01. The van der Waals surface area contributed by atoms with Crippen LogP contribution in [0.1, 0.15) is 12.5 Å². The monoisotopic (exact) mass is 272 g/mol. The summed E-state index contributed by atoms with van der Waals surface area (Å²) in [6, 6.07) is 15.8. The molecule has 20 heavy (non-hydrogen) atoms. The lowest BCUT2D eigenvalue weighted by atomic mass is 10.2. The minimum atomic E-state index is 0.0907. The average Bonchev–Trinajstić information content (AvgIpc) is 2.49. The molecule has 0 bridgehead atoms. The summed E-state index contributed by atoms with van der Waals surface area (Å²) in [5.74, 6) is 1.43. The molecule has 4 nitrogen and oxygen atoms in total. The molecule has 0 aliphatic rings. The van der Waals surface area contributed by atoms with Gasteiger partial charge in [0.15, 0.2) is 0 Å². The van der Waals surface area contributed by atoms with Gasteiger partial charge in [-0.15, -0.1) is 0 Å². The van der Waals surface area contributed by atoms with E-state index in [-0.39, 0.29) is 6.61 Å². The molecule has 0 aliphatic carbocycles. The van der Waals surface area contributed by atoms with Gasteiger partial charge in [0, 0.05) is 19.2 Å². The van der Waals surface area contributed by atoms with Crippen LogP contribution in [-0.4, -0.2) is 29.8 Å². The molecule has 0 spiro atoms. The Morgan fingerprint density at radius 1 is 1.10 bits per heavy atom. The van der Waals surface area contributed by atoms with Crippen LogP contribution in [0.15, 0.2) is 48.5 Å². The minimum absolute atomic E-state index is 0.0907. The molecule has 0 fully saturated rings. The van der Waals surface area contributed by atoms with Crippen molar-refractivity contribution in [1.82, 2.24) is 4.98 Å². The molecule has 2 aromatic rings. The molecule has 1 aromatic heterocycles. The van der Waals surface area contributed by atoms with Crippen molar-refractivity contribution in [3.8, 4) is 5.88 Å². The molecule has 0 atom stereocenters. The van der Waals surface area contributed by atoms with E-state index in [1.165, 1.54) is 5.56 Å². The SMILES string of the molecule is CCOc1cccc(N(CCO)Cc2ccccc2)n1. The third-order valence-electron chi connectivity index (χ3n) is 2.91. The Bertz CT molecular complexity index is 517. The summed E-state index contributed by atoms with van der Waals surface area (Å²) in [7, 11) is 0. The van der Waals surface area contributed by atoms with Crippen LogP contribution in [0, 0.1) is 0 Å². The fourth-order valence-electron chi connectivity index (χ4n) is 2.01. The van der Waals surface area contributed by atoms with E-state index in [0.29, 0.717) is 25.6 Å². The number of aliphatic hydroxyl groups is 1. The number of ether oxygens (including phenoxy) is 1. The van der Waals surface area contributed by atoms with Gasteiger partial charge in [-0.05, 0) is 18.6 Å². The number of benzene rings is 1. The van der Waals surface area contributed by atoms with Crippen molar-refractivity contribution >= 4 is 5.82 Å². The van der Waals surface area contributed by atoms with E-state index in [1.807, 2.05) is 48.2 Å². The normalized spacial score (nSPS) is 10.3. The number of aromatic nitrogens is 1. The van der Waals surface area contributed by atoms with Crippen molar-refractivity contribution in [3.63, 3.8) is 0 Å². The summed E-state index contributed by atoms with van der Waals surface area (Å²) in [4.78, 5) is 6.51. The van der Waals surface area contributed by atoms with Gasteiger partial charge in [0.1, 0.15) is 5.82 Å². The predicted octanol–water partition coefficient (Wildman–Crippen LogP) is 2.48. The Labute approximate surface area is 119 Å². The van der Waals surface area contributed by atoms with Gasteiger partial charge in [0.2, 0.25) is 5.88 Å². The second-order valence-corrected chi connectivity index (χ2v) is 4.40. The van der Waals surface area contributed by atoms with Gasteiger partial charge in [0.05, 0.1) is 13.2 Å². The van der Waals surface area contributed by atoms with Crippen LogP contribution in [0.4, 0.5) is 5.82 Å². The Kier molecular flexibility index (Phi) is 5.38. The zero-order valence-electron chi connectivity index (χ0n) is 11.7. The molecule has 0 radical (unpaired) electrons. The van der Waals surface area contributed by atoms with E-state index in [4.69, 9.17) is 4.74 Å². The van der Waals surface area contributed by atoms with Gasteiger partial charge in [-0.2, -0.15) is 4.98 Å². The molecule has 0 aliphatic heterocycles. The van der Waals surface area contributed by atoms with Crippen molar-refractivity contribution < 1.29 is 9.84 Å². The third-order valence-corrected chi connectivity index (χ3v) is 2.91. The van der Waals surface area contributed by atoms with Gasteiger partial charge in [-0.25, -0.2) is 0 Å². The van der Waals surface area contributed by atoms with Crippen LogP contribution in [-0.2, 0) is 6.54 Å². The molecular formula is C16H20N2O2. The first-order valence-corrected chi connectivity index (χ1v) is 6.83. The number of nitrogens with zero attached hydrogens (tertiary/aromatic N) is 2. The zero-order valence-corrected chi connectivity index (χ0v) is 11.7. The van der Waals surface area contributed by atoms with Gasteiger partial charge in [-0.3, -0.25) is 0 Å². The lowest BCUT2D eigenvalue weighted by molar-refractivity contribution is 0.300. The fraction of sp³-hybridized carbons (Fsp3) is 0.312. The lowest BCUT2D eigenvalue weighted by Gasteiger charge is -2.23. The molecular weight excluding hydrogens is 252 g/mol. The Morgan fingerprint density at radius 3 is 2.60 bits per heavy atom. The molecule has 0 amide bonds. The number of anilines is 1. The van der Waals surface area contributed by atoms with E-state index in [9.17, 15) is 5.11 Å². The number of rotatable bonds is 7. The summed E-state index contributed by atoms with van der Waals surface area (Å²) < 4.78 is 5.42. The first-order chi connectivity index (χ1) is 9.83. The van der Waals surface area contributed by atoms with Crippen LogP contribution < -0.4 is 9.64 Å². The van der Waals surface area contributed by atoms with Gasteiger partial charge >= 0.3 is 0 Å². The van der Waals surface area contributed by atoms with Crippen LogP contribution in [0.5, 0.6) is 5.88 Å². The Morgan fingerprint density at radius 2 is 1.90 bits per heavy atom. The summed E-state index contributed by atoms with van der Waals surface area (Å²) in [6.45, 7) is 3.87. The van der Waals surface area contributed by atoms with Crippen LogP contribution in [0.2, 0.25) is 0 Å². The number of hydrogen-bond donors (Lipinski definition) is 1. The van der Waals surface area contributed by atoms with Crippen molar-refractivity contribution in [1.29, 1.82) is 0 Å². The second-order valence-electron chi connectivity index (χ2n) is 4.40. The number of aliphatic hydroxyl groups excluding tert-OH is 1. The van der Waals surface area contributed by atoms with Gasteiger partial charge in [0.25, 0.3) is 0 Å². The van der Waals surface area contributed by atoms with Gasteiger partial charge in [-0.1, -0.05) is 36.4 Å². The van der Waals surface area contributed by atoms with E-state index < -0.39 is 0 Å². The quantitative estimate of drug-likeness (QED) is 0.841. The van der Waals surface area contributed by atoms with E-state index in [0.717, 1.165) is 5.82 Å². The molecule has 0 saturated carbocycles. The maximum Gasteiger partial charge on any atom is 0.215 e. The maximum atomic E-state index is 9.25. The number of hydrogen-bond acceptors (Lipinski definition) is 4. The van der Waals surface area contributed by atoms with Crippen molar-refractivity contribution in [3.05, 3.63) is 54.1 Å². The molecule has 0 unspecified atom stereocenters. The predicted molar refractivity (Wildman–Crippen MR) is 80.0 cm³/mol. The molecule has 0 saturated heterocycles. The minimum Gasteiger partial charge on any atom is -0.478 e. The van der Waals surface area contributed by atoms with Crippen LogP contribution >= 0.6 is 0 Å². The van der Waals surface area contributed by atoms with Crippen molar-refractivity contribution in [2.75, 3.05) is 24.7 Å². The molecule has 1 heterocycles. The average molecular weight is 272 g/mol. The highest BCUT2D eigenvalue weighted by Crippen LogP contribution is 2.18. The van der Waals surface area contributed by atoms with E-state index in [2.05, 4.69) is 17.1 Å². The Balaban J connectivity index is 2.17. The molecule has 106 valence electrons. The maximum absolute atomic E-state index is 9.25.